The third kappa shape index (κ3) is 2.55. The van der Waals surface area contributed by atoms with Crippen molar-refractivity contribution in [2.75, 3.05) is 19.0 Å². The molecule has 0 fully saturated rings. The molecule has 1 aromatic rings. The Morgan fingerprint density at radius 2 is 1.62 bits per heavy atom. The van der Waals surface area contributed by atoms with Crippen LogP contribution in [0.3, 0.4) is 0 Å². The molecule has 0 radical (unpaired) electrons. The van der Waals surface area contributed by atoms with Gasteiger partial charge in [0.15, 0.2) is 0 Å². The highest BCUT2D eigenvalue weighted by molar-refractivity contribution is 5.49. The SMILES string of the molecule is CN(C)c1ccc(C#CC2C=CC=C2)cc1. The molecule has 0 saturated carbocycles. The summed E-state index contributed by atoms with van der Waals surface area (Å²) in [6.07, 6.45) is 8.27. The molecule has 1 aromatic carbocycles. The third-order valence-electron chi connectivity index (χ3n) is 2.51. The predicted molar refractivity (Wildman–Crippen MR) is 69.4 cm³/mol. The largest absolute Gasteiger partial charge is 0.378 e. The van der Waals surface area contributed by atoms with Crippen LogP contribution in [0, 0.1) is 17.8 Å². The molecule has 0 amide bonds. The van der Waals surface area contributed by atoms with Crippen LogP contribution < -0.4 is 4.90 Å². The van der Waals surface area contributed by atoms with Crippen LogP contribution in [0.15, 0.2) is 48.6 Å². The van der Waals surface area contributed by atoms with E-state index in [1.54, 1.807) is 0 Å². The van der Waals surface area contributed by atoms with Crippen LogP contribution >= 0.6 is 0 Å². The quantitative estimate of drug-likeness (QED) is 0.643. The van der Waals surface area contributed by atoms with Gasteiger partial charge >= 0.3 is 0 Å². The summed E-state index contributed by atoms with van der Waals surface area (Å²) in [7, 11) is 4.07. The Balaban J connectivity index is 2.10. The maximum Gasteiger partial charge on any atom is 0.0573 e. The highest BCUT2D eigenvalue weighted by Crippen LogP contribution is 2.12. The van der Waals surface area contributed by atoms with Crippen molar-refractivity contribution >= 4 is 5.69 Å². The third-order valence-corrected chi connectivity index (χ3v) is 2.51. The summed E-state index contributed by atoms with van der Waals surface area (Å²) in [5.41, 5.74) is 2.27. The van der Waals surface area contributed by atoms with E-state index in [9.17, 15) is 0 Å². The van der Waals surface area contributed by atoms with Crippen LogP contribution in [0.2, 0.25) is 0 Å². The fourth-order valence-corrected chi connectivity index (χ4v) is 1.54. The Bertz CT molecular complexity index is 454. The molecular formula is C15H15N. The molecule has 1 aliphatic carbocycles. The average molecular weight is 209 g/mol. The molecule has 0 saturated heterocycles. The van der Waals surface area contributed by atoms with Gasteiger partial charge in [0.1, 0.15) is 0 Å². The highest BCUT2D eigenvalue weighted by atomic mass is 15.1. The van der Waals surface area contributed by atoms with Crippen molar-refractivity contribution in [2.45, 2.75) is 0 Å². The van der Waals surface area contributed by atoms with E-state index in [0.29, 0.717) is 0 Å². The second-order valence-corrected chi connectivity index (χ2v) is 4.01. The van der Waals surface area contributed by atoms with Gasteiger partial charge in [0.25, 0.3) is 0 Å². The van der Waals surface area contributed by atoms with Gasteiger partial charge in [-0.3, -0.25) is 0 Å². The maximum absolute atomic E-state index is 3.21. The summed E-state index contributed by atoms with van der Waals surface area (Å²) >= 11 is 0. The van der Waals surface area contributed by atoms with Crippen LogP contribution in [-0.2, 0) is 0 Å². The van der Waals surface area contributed by atoms with Gasteiger partial charge in [-0.1, -0.05) is 36.1 Å². The average Bonchev–Trinajstić information content (AvgIpc) is 2.80. The molecule has 0 N–H and O–H groups in total. The fraction of sp³-hybridized carbons (Fsp3) is 0.200. The number of rotatable bonds is 1. The Hall–Kier alpha value is -1.94. The fourth-order valence-electron chi connectivity index (χ4n) is 1.54. The monoisotopic (exact) mass is 209 g/mol. The van der Waals surface area contributed by atoms with E-state index < -0.39 is 0 Å². The van der Waals surface area contributed by atoms with Crippen molar-refractivity contribution in [3.05, 3.63) is 54.1 Å². The molecule has 2 rings (SSSR count). The Labute approximate surface area is 97.1 Å². The van der Waals surface area contributed by atoms with Gasteiger partial charge < -0.3 is 4.90 Å². The molecule has 0 bridgehead atoms. The number of hydrogen-bond acceptors (Lipinski definition) is 1. The first-order chi connectivity index (χ1) is 7.75. The maximum atomic E-state index is 3.21. The minimum absolute atomic E-state index is 0.286. The molecule has 80 valence electrons. The molecule has 0 heterocycles. The molecule has 0 spiro atoms. The van der Waals surface area contributed by atoms with Crippen LogP contribution in [0.4, 0.5) is 5.69 Å². The molecule has 0 aliphatic heterocycles. The van der Waals surface area contributed by atoms with E-state index in [-0.39, 0.29) is 5.92 Å². The molecule has 1 aliphatic rings. The molecular weight excluding hydrogens is 194 g/mol. The van der Waals surface area contributed by atoms with E-state index in [0.717, 1.165) is 5.56 Å². The minimum Gasteiger partial charge on any atom is -0.378 e. The van der Waals surface area contributed by atoms with Gasteiger partial charge in [-0.2, -0.15) is 0 Å². The lowest BCUT2D eigenvalue weighted by Crippen LogP contribution is -2.07. The normalized spacial score (nSPS) is 13.6. The number of allylic oxidation sites excluding steroid dienone is 4. The zero-order valence-corrected chi connectivity index (χ0v) is 9.64. The van der Waals surface area contributed by atoms with Crippen molar-refractivity contribution < 1.29 is 0 Å². The van der Waals surface area contributed by atoms with Crippen molar-refractivity contribution in [2.24, 2.45) is 5.92 Å². The smallest absolute Gasteiger partial charge is 0.0573 e. The Morgan fingerprint density at radius 1 is 1.00 bits per heavy atom. The molecule has 0 unspecified atom stereocenters. The summed E-state index contributed by atoms with van der Waals surface area (Å²) in [4.78, 5) is 2.08. The first-order valence-electron chi connectivity index (χ1n) is 5.39. The highest BCUT2D eigenvalue weighted by Gasteiger charge is 1.97. The predicted octanol–water partition coefficient (Wildman–Crippen LogP) is 2.85. The van der Waals surface area contributed by atoms with E-state index in [1.807, 2.05) is 26.2 Å². The Kier molecular flexibility index (Phi) is 3.12. The van der Waals surface area contributed by atoms with Crippen LogP contribution in [0.25, 0.3) is 0 Å². The first kappa shape index (κ1) is 10.6. The molecule has 0 aromatic heterocycles. The molecule has 1 nitrogen and oxygen atoms in total. The van der Waals surface area contributed by atoms with Crippen molar-refractivity contribution in [1.82, 2.24) is 0 Å². The summed E-state index contributed by atoms with van der Waals surface area (Å²) in [5.74, 6) is 6.68. The second-order valence-electron chi connectivity index (χ2n) is 4.01. The molecule has 0 atom stereocenters. The summed E-state index contributed by atoms with van der Waals surface area (Å²) < 4.78 is 0. The molecule has 1 heteroatoms. The van der Waals surface area contributed by atoms with Crippen LogP contribution in [0.5, 0.6) is 0 Å². The Morgan fingerprint density at radius 3 is 2.19 bits per heavy atom. The van der Waals surface area contributed by atoms with Crippen molar-refractivity contribution in [1.29, 1.82) is 0 Å². The van der Waals surface area contributed by atoms with Crippen LogP contribution in [0.1, 0.15) is 5.56 Å². The minimum atomic E-state index is 0.286. The zero-order valence-electron chi connectivity index (χ0n) is 9.64. The molecule has 16 heavy (non-hydrogen) atoms. The lowest BCUT2D eigenvalue weighted by molar-refractivity contribution is 1.13. The standard InChI is InChI=1S/C15H15N/c1-16(2)15-11-9-14(10-12-15)8-7-13-5-3-4-6-13/h3-6,9-13H,1-2H3. The van der Waals surface area contributed by atoms with Gasteiger partial charge in [0.2, 0.25) is 0 Å². The van der Waals surface area contributed by atoms with Gasteiger partial charge in [0, 0.05) is 25.3 Å². The number of hydrogen-bond donors (Lipinski definition) is 0. The van der Waals surface area contributed by atoms with E-state index in [2.05, 4.69) is 53.2 Å². The van der Waals surface area contributed by atoms with Gasteiger partial charge in [-0.05, 0) is 24.3 Å². The van der Waals surface area contributed by atoms with Crippen LogP contribution in [-0.4, -0.2) is 14.1 Å². The van der Waals surface area contributed by atoms with Gasteiger partial charge in [-0.25, -0.2) is 0 Å². The number of nitrogens with zero attached hydrogens (tertiary/aromatic N) is 1. The second kappa shape index (κ2) is 4.72. The van der Waals surface area contributed by atoms with Crippen molar-refractivity contribution in [3.8, 4) is 11.8 Å². The van der Waals surface area contributed by atoms with E-state index >= 15 is 0 Å². The first-order valence-corrected chi connectivity index (χ1v) is 5.39. The summed E-state index contributed by atoms with van der Waals surface area (Å²) in [6, 6.07) is 8.30. The van der Waals surface area contributed by atoms with Gasteiger partial charge in [0.05, 0.1) is 5.92 Å². The number of benzene rings is 1. The zero-order chi connectivity index (χ0) is 11.4. The number of anilines is 1. The van der Waals surface area contributed by atoms with Crippen molar-refractivity contribution in [3.63, 3.8) is 0 Å². The lowest BCUT2D eigenvalue weighted by Gasteiger charge is -2.11. The van der Waals surface area contributed by atoms with Gasteiger partial charge in [-0.15, -0.1) is 0 Å². The lowest BCUT2D eigenvalue weighted by atomic mass is 10.1. The summed E-state index contributed by atoms with van der Waals surface area (Å²) in [5, 5.41) is 0. The van der Waals surface area contributed by atoms with E-state index in [4.69, 9.17) is 0 Å². The summed E-state index contributed by atoms with van der Waals surface area (Å²) in [6.45, 7) is 0. The van der Waals surface area contributed by atoms with E-state index in [1.165, 1.54) is 5.69 Å². The topological polar surface area (TPSA) is 3.24 Å².